The highest BCUT2D eigenvalue weighted by atomic mass is 16.5. The number of ether oxygens (including phenoxy) is 1. The Bertz CT molecular complexity index is 569. The Hall–Kier alpha value is -1.68. The summed E-state index contributed by atoms with van der Waals surface area (Å²) in [6, 6.07) is 21.2. The molecule has 1 atom stereocenters. The van der Waals surface area contributed by atoms with Gasteiger partial charge in [-0.05, 0) is 24.0 Å². The topological polar surface area (TPSA) is 32.7 Å². The van der Waals surface area contributed by atoms with Crippen LogP contribution in [-0.4, -0.2) is 35.3 Å². The first-order chi connectivity index (χ1) is 11.3. The van der Waals surface area contributed by atoms with E-state index in [-0.39, 0.29) is 0 Å². The van der Waals surface area contributed by atoms with Gasteiger partial charge in [0.2, 0.25) is 0 Å². The third-order valence-corrected chi connectivity index (χ3v) is 4.16. The smallest absolute Gasteiger partial charge is 0.0900 e. The molecule has 0 amide bonds. The van der Waals surface area contributed by atoms with Crippen molar-refractivity contribution in [1.82, 2.24) is 4.90 Å². The molecule has 3 nitrogen and oxygen atoms in total. The van der Waals surface area contributed by atoms with Gasteiger partial charge in [0.25, 0.3) is 0 Å². The summed E-state index contributed by atoms with van der Waals surface area (Å²) in [5.41, 5.74) is 2.44. The van der Waals surface area contributed by atoms with Crippen molar-refractivity contribution in [3.8, 4) is 0 Å². The quantitative estimate of drug-likeness (QED) is 0.772. The summed E-state index contributed by atoms with van der Waals surface area (Å²) >= 11 is 0. The first-order valence-electron chi connectivity index (χ1n) is 8.39. The van der Waals surface area contributed by atoms with Gasteiger partial charge in [-0.1, -0.05) is 60.7 Å². The van der Waals surface area contributed by atoms with Crippen LogP contribution in [0.1, 0.15) is 24.0 Å². The summed E-state index contributed by atoms with van der Waals surface area (Å²) in [5.74, 6) is 0. The van der Waals surface area contributed by atoms with E-state index in [1.165, 1.54) is 18.4 Å². The molecule has 23 heavy (non-hydrogen) atoms. The van der Waals surface area contributed by atoms with E-state index in [0.717, 1.165) is 12.1 Å². The van der Waals surface area contributed by atoms with Crippen molar-refractivity contribution in [2.75, 3.05) is 13.2 Å². The minimum atomic E-state index is -0.442. The maximum Gasteiger partial charge on any atom is 0.0900 e. The Morgan fingerprint density at radius 1 is 0.957 bits per heavy atom. The van der Waals surface area contributed by atoms with Gasteiger partial charge in [0, 0.05) is 19.1 Å². The van der Waals surface area contributed by atoms with Crippen molar-refractivity contribution >= 4 is 0 Å². The maximum atomic E-state index is 10.3. The number of nitrogens with zero attached hydrogens (tertiary/aromatic N) is 1. The molecule has 0 saturated heterocycles. The zero-order valence-corrected chi connectivity index (χ0v) is 13.5. The Kier molecular flexibility index (Phi) is 5.81. The van der Waals surface area contributed by atoms with Crippen molar-refractivity contribution in [3.05, 3.63) is 71.8 Å². The third kappa shape index (κ3) is 5.47. The minimum Gasteiger partial charge on any atom is -0.389 e. The molecule has 0 bridgehead atoms. The van der Waals surface area contributed by atoms with Crippen LogP contribution in [-0.2, 0) is 17.9 Å². The number of aliphatic hydroxyl groups is 1. The van der Waals surface area contributed by atoms with Gasteiger partial charge in [-0.25, -0.2) is 0 Å². The molecule has 1 saturated carbocycles. The van der Waals surface area contributed by atoms with Crippen molar-refractivity contribution < 1.29 is 9.84 Å². The summed E-state index contributed by atoms with van der Waals surface area (Å²) in [4.78, 5) is 2.38. The highest BCUT2D eigenvalue weighted by molar-refractivity contribution is 5.15. The van der Waals surface area contributed by atoms with E-state index in [9.17, 15) is 5.11 Å². The van der Waals surface area contributed by atoms with Crippen molar-refractivity contribution in [2.45, 2.75) is 38.1 Å². The standard InChI is InChI=1S/C20H25NO2/c22-20(16-23-15-18-9-5-2-6-10-18)14-21(19-11-12-19)13-17-7-3-1-4-8-17/h1-10,19-20,22H,11-16H2/t20-/m0/s1. The van der Waals surface area contributed by atoms with Crippen LogP contribution in [0.15, 0.2) is 60.7 Å². The molecule has 0 aliphatic heterocycles. The first-order valence-corrected chi connectivity index (χ1v) is 8.39. The molecule has 1 N–H and O–H groups in total. The molecule has 3 heteroatoms. The lowest BCUT2D eigenvalue weighted by atomic mass is 10.2. The lowest BCUT2D eigenvalue weighted by Crippen LogP contribution is -2.36. The molecule has 0 radical (unpaired) electrons. The molecule has 1 aliphatic carbocycles. The molecular formula is C20H25NO2. The van der Waals surface area contributed by atoms with Gasteiger partial charge in [-0.2, -0.15) is 0 Å². The van der Waals surface area contributed by atoms with Gasteiger partial charge in [0.1, 0.15) is 0 Å². The second kappa shape index (κ2) is 8.25. The van der Waals surface area contributed by atoms with Crippen LogP contribution in [0.5, 0.6) is 0 Å². The van der Waals surface area contributed by atoms with Crippen molar-refractivity contribution in [2.24, 2.45) is 0 Å². The average Bonchev–Trinajstić information content (AvgIpc) is 3.41. The van der Waals surface area contributed by atoms with Crippen LogP contribution in [0.25, 0.3) is 0 Å². The molecule has 3 rings (SSSR count). The Morgan fingerprint density at radius 2 is 1.57 bits per heavy atom. The molecule has 2 aromatic carbocycles. The monoisotopic (exact) mass is 311 g/mol. The van der Waals surface area contributed by atoms with Gasteiger partial charge in [0.15, 0.2) is 0 Å². The van der Waals surface area contributed by atoms with Gasteiger partial charge >= 0.3 is 0 Å². The summed E-state index contributed by atoms with van der Waals surface area (Å²) in [6.45, 7) is 2.52. The molecule has 0 heterocycles. The molecule has 0 aromatic heterocycles. The average molecular weight is 311 g/mol. The number of hydrogen-bond donors (Lipinski definition) is 1. The van der Waals surface area contributed by atoms with Crippen LogP contribution < -0.4 is 0 Å². The molecule has 1 fully saturated rings. The fourth-order valence-corrected chi connectivity index (χ4v) is 2.81. The molecule has 0 unspecified atom stereocenters. The maximum absolute atomic E-state index is 10.3. The first kappa shape index (κ1) is 16.2. The van der Waals surface area contributed by atoms with Crippen LogP contribution in [0.3, 0.4) is 0 Å². The van der Waals surface area contributed by atoms with E-state index in [1.807, 2.05) is 36.4 Å². The summed E-state index contributed by atoms with van der Waals surface area (Å²) in [6.07, 6.45) is 2.04. The van der Waals surface area contributed by atoms with Crippen LogP contribution in [0, 0.1) is 0 Å². The van der Waals surface area contributed by atoms with Crippen LogP contribution >= 0.6 is 0 Å². The largest absolute Gasteiger partial charge is 0.389 e. The molecule has 0 spiro atoms. The number of aliphatic hydroxyl groups excluding tert-OH is 1. The summed E-state index contributed by atoms with van der Waals surface area (Å²) in [7, 11) is 0. The van der Waals surface area contributed by atoms with E-state index < -0.39 is 6.10 Å². The number of rotatable bonds is 9. The van der Waals surface area contributed by atoms with E-state index >= 15 is 0 Å². The Balaban J connectivity index is 1.44. The minimum absolute atomic E-state index is 0.382. The van der Waals surface area contributed by atoms with E-state index in [2.05, 4.69) is 29.2 Å². The lowest BCUT2D eigenvalue weighted by Gasteiger charge is -2.25. The number of benzene rings is 2. The predicted molar refractivity (Wildman–Crippen MR) is 92.0 cm³/mol. The molecule has 122 valence electrons. The lowest BCUT2D eigenvalue weighted by molar-refractivity contribution is 0.00706. The van der Waals surface area contributed by atoms with Gasteiger partial charge in [0.05, 0.1) is 19.3 Å². The normalized spacial score (nSPS) is 15.7. The zero-order chi connectivity index (χ0) is 15.9. The number of hydrogen-bond acceptors (Lipinski definition) is 3. The zero-order valence-electron chi connectivity index (χ0n) is 13.5. The van der Waals surface area contributed by atoms with Crippen molar-refractivity contribution in [1.29, 1.82) is 0 Å². The van der Waals surface area contributed by atoms with Gasteiger partial charge < -0.3 is 9.84 Å². The van der Waals surface area contributed by atoms with E-state index in [4.69, 9.17) is 4.74 Å². The highest BCUT2D eigenvalue weighted by Crippen LogP contribution is 2.28. The van der Waals surface area contributed by atoms with E-state index in [1.54, 1.807) is 0 Å². The second-order valence-electron chi connectivity index (χ2n) is 6.30. The summed E-state index contributed by atoms with van der Waals surface area (Å²) in [5, 5.41) is 10.3. The van der Waals surface area contributed by atoms with E-state index in [0.29, 0.717) is 25.8 Å². The fraction of sp³-hybridized carbons (Fsp3) is 0.400. The summed E-state index contributed by atoms with van der Waals surface area (Å²) < 4.78 is 5.66. The predicted octanol–water partition coefficient (Wildman–Crippen LogP) is 3.23. The third-order valence-electron chi connectivity index (χ3n) is 4.16. The fourth-order valence-electron chi connectivity index (χ4n) is 2.81. The van der Waals surface area contributed by atoms with Crippen LogP contribution in [0.2, 0.25) is 0 Å². The Morgan fingerprint density at radius 3 is 2.17 bits per heavy atom. The van der Waals surface area contributed by atoms with Crippen LogP contribution in [0.4, 0.5) is 0 Å². The highest BCUT2D eigenvalue weighted by Gasteiger charge is 2.30. The van der Waals surface area contributed by atoms with Crippen molar-refractivity contribution in [3.63, 3.8) is 0 Å². The SMILES string of the molecule is O[C@H](COCc1ccccc1)CN(Cc1ccccc1)C1CC1. The second-order valence-corrected chi connectivity index (χ2v) is 6.30. The van der Waals surface area contributed by atoms with Gasteiger partial charge in [-0.3, -0.25) is 4.90 Å². The molecular weight excluding hydrogens is 286 g/mol. The molecule has 1 aliphatic rings. The Labute approximate surface area is 138 Å². The van der Waals surface area contributed by atoms with Gasteiger partial charge in [-0.15, -0.1) is 0 Å². The molecule has 2 aromatic rings.